The van der Waals surface area contributed by atoms with Crippen LogP contribution in [-0.4, -0.2) is 50.3 Å². The molecule has 9 nitrogen and oxygen atoms in total. The fourth-order valence-electron chi connectivity index (χ4n) is 5.33. The molecule has 0 saturated carbocycles. The first kappa shape index (κ1) is 35.0. The van der Waals surface area contributed by atoms with Crippen LogP contribution >= 0.6 is 23.2 Å². The minimum Gasteiger partial charge on any atom is -0.497 e. The molecule has 1 amide bonds. The van der Waals surface area contributed by atoms with E-state index in [1.54, 1.807) is 73.5 Å². The summed E-state index contributed by atoms with van der Waals surface area (Å²) in [6.07, 6.45) is 2.02. The van der Waals surface area contributed by atoms with E-state index in [1.807, 2.05) is 31.2 Å². The van der Waals surface area contributed by atoms with Crippen molar-refractivity contribution in [2.75, 3.05) is 20.8 Å². The van der Waals surface area contributed by atoms with Crippen LogP contribution in [0.4, 0.5) is 0 Å². The summed E-state index contributed by atoms with van der Waals surface area (Å²) >= 11 is 12.3. The molecule has 5 rings (SSSR count). The second-order valence-corrected chi connectivity index (χ2v) is 14.0. The first-order valence-corrected chi connectivity index (χ1v) is 17.2. The molecule has 0 saturated heterocycles. The smallest absolute Gasteiger partial charge is 0.340 e. The number of nitrogens with zero attached hydrogens (tertiary/aromatic N) is 2. The Hall–Kier alpha value is -4.35. The van der Waals surface area contributed by atoms with Gasteiger partial charge >= 0.3 is 5.97 Å². The van der Waals surface area contributed by atoms with Crippen molar-refractivity contribution in [1.82, 2.24) is 9.21 Å². The molecule has 1 aliphatic heterocycles. The highest BCUT2D eigenvalue weighted by Gasteiger charge is 2.37. The van der Waals surface area contributed by atoms with E-state index >= 15 is 0 Å². The first-order chi connectivity index (χ1) is 22.9. The normalized spacial score (nSPS) is 14.4. The molecule has 3 aromatic carbocycles. The van der Waals surface area contributed by atoms with Crippen molar-refractivity contribution >= 4 is 51.2 Å². The van der Waals surface area contributed by atoms with Crippen LogP contribution < -0.4 is 4.74 Å². The van der Waals surface area contributed by atoms with Gasteiger partial charge in [-0.15, -0.1) is 0 Å². The molecule has 12 heteroatoms. The third-order valence-corrected chi connectivity index (χ3v) is 10.5. The molecule has 0 atom stereocenters. The summed E-state index contributed by atoms with van der Waals surface area (Å²) < 4.78 is 45.3. The summed E-state index contributed by atoms with van der Waals surface area (Å²) in [6, 6.07) is 22.3. The summed E-state index contributed by atoms with van der Waals surface area (Å²) in [7, 11) is -1.13. The zero-order valence-corrected chi connectivity index (χ0v) is 29.2. The first-order valence-electron chi connectivity index (χ1n) is 15.0. The minimum atomic E-state index is -3.98. The van der Waals surface area contributed by atoms with Gasteiger partial charge in [-0.25, -0.2) is 13.2 Å². The van der Waals surface area contributed by atoms with Crippen LogP contribution in [0.15, 0.2) is 105 Å². The SMILES string of the molecule is COC(=O)C1=C(C)N(CCc2ccc(OC)cc2)C(=O)/C1=C/c1ccc(CN(Cc2ccc(Cl)c(Cl)c2)S(=O)(=O)c2ccc(C)cc2)o1. The Bertz CT molecular complexity index is 2000. The van der Waals surface area contributed by atoms with Gasteiger partial charge < -0.3 is 18.8 Å². The third kappa shape index (κ3) is 7.68. The molecule has 2 heterocycles. The molecule has 4 aromatic rings. The number of hydrogen-bond acceptors (Lipinski definition) is 7. The lowest BCUT2D eigenvalue weighted by molar-refractivity contribution is -0.136. The average molecular weight is 710 g/mol. The lowest BCUT2D eigenvalue weighted by Crippen LogP contribution is -2.30. The van der Waals surface area contributed by atoms with Gasteiger partial charge in [0.05, 0.1) is 46.9 Å². The summed E-state index contributed by atoms with van der Waals surface area (Å²) in [5.74, 6) is 0.292. The van der Waals surface area contributed by atoms with Gasteiger partial charge in [0.15, 0.2) is 0 Å². The number of halogens is 2. The van der Waals surface area contributed by atoms with Crippen LogP contribution in [0.1, 0.15) is 35.1 Å². The summed E-state index contributed by atoms with van der Waals surface area (Å²) in [5.41, 5.74) is 3.27. The van der Waals surface area contributed by atoms with E-state index in [9.17, 15) is 18.0 Å². The van der Waals surface area contributed by atoms with E-state index in [4.69, 9.17) is 37.1 Å². The minimum absolute atomic E-state index is 0.0136. The van der Waals surface area contributed by atoms with Crippen LogP contribution in [0.2, 0.25) is 10.0 Å². The maximum absolute atomic E-state index is 13.9. The van der Waals surface area contributed by atoms with Crippen LogP contribution in [0, 0.1) is 6.92 Å². The number of aryl methyl sites for hydroxylation is 1. The van der Waals surface area contributed by atoms with Crippen LogP contribution in [-0.2, 0) is 43.9 Å². The van der Waals surface area contributed by atoms with E-state index in [2.05, 4.69) is 0 Å². The summed E-state index contributed by atoms with van der Waals surface area (Å²) in [5, 5.41) is 0.659. The van der Waals surface area contributed by atoms with Crippen molar-refractivity contribution in [3.05, 3.63) is 134 Å². The highest BCUT2D eigenvalue weighted by atomic mass is 35.5. The number of rotatable bonds is 12. The lowest BCUT2D eigenvalue weighted by Gasteiger charge is -2.22. The number of sulfonamides is 1. The van der Waals surface area contributed by atoms with E-state index in [1.165, 1.54) is 17.5 Å². The van der Waals surface area contributed by atoms with Gasteiger partial charge in [-0.05, 0) is 86.0 Å². The molecule has 0 spiro atoms. The predicted octanol–water partition coefficient (Wildman–Crippen LogP) is 7.21. The average Bonchev–Trinajstić information content (AvgIpc) is 3.61. The number of amides is 1. The molecule has 48 heavy (non-hydrogen) atoms. The quantitative estimate of drug-likeness (QED) is 0.113. The largest absolute Gasteiger partial charge is 0.497 e. The van der Waals surface area contributed by atoms with Crippen molar-refractivity contribution < 1.29 is 31.9 Å². The zero-order valence-electron chi connectivity index (χ0n) is 26.8. The number of carbonyl (C=O) groups excluding carboxylic acids is 2. The molecule has 0 bridgehead atoms. The zero-order chi connectivity index (χ0) is 34.6. The van der Waals surface area contributed by atoms with E-state index in [0.717, 1.165) is 16.9 Å². The summed E-state index contributed by atoms with van der Waals surface area (Å²) in [4.78, 5) is 28.2. The van der Waals surface area contributed by atoms with E-state index in [0.29, 0.717) is 40.0 Å². The number of carbonyl (C=O) groups is 2. The maximum atomic E-state index is 13.9. The molecule has 0 fully saturated rings. The van der Waals surface area contributed by atoms with Crippen molar-refractivity contribution in [3.63, 3.8) is 0 Å². The Kier molecular flexibility index (Phi) is 10.8. The van der Waals surface area contributed by atoms with Crippen molar-refractivity contribution in [1.29, 1.82) is 0 Å². The number of allylic oxidation sites excluding steroid dienone is 1. The summed E-state index contributed by atoms with van der Waals surface area (Å²) in [6.45, 7) is 3.77. The number of hydrogen-bond donors (Lipinski definition) is 0. The molecule has 0 radical (unpaired) electrons. The number of methoxy groups -OCH3 is 2. The van der Waals surface area contributed by atoms with Crippen molar-refractivity contribution in [2.45, 2.75) is 38.3 Å². The Morgan fingerprint density at radius 2 is 1.58 bits per heavy atom. The van der Waals surface area contributed by atoms with E-state index < -0.39 is 16.0 Å². The van der Waals surface area contributed by atoms with Gasteiger partial charge in [0, 0.05) is 18.8 Å². The number of benzene rings is 3. The molecular weight excluding hydrogens is 675 g/mol. The molecule has 1 aromatic heterocycles. The van der Waals surface area contributed by atoms with Crippen LogP contribution in [0.5, 0.6) is 5.75 Å². The highest BCUT2D eigenvalue weighted by Crippen LogP contribution is 2.33. The standard InChI is InChI=1S/C36H34Cl2N2O7S/c1-23-5-14-30(15-6-23)48(43,44)39(21-26-9-16-32(37)33(38)19-26)22-29-13-12-28(47-29)20-31-34(36(42)46-4)24(2)40(35(31)41)18-17-25-7-10-27(45-3)11-8-25/h5-16,19-20H,17-18,21-22H2,1-4H3/b31-20+. The Morgan fingerprint density at radius 3 is 2.23 bits per heavy atom. The molecule has 0 aliphatic carbocycles. The Labute approximate surface area is 290 Å². The van der Waals surface area contributed by atoms with Gasteiger partial charge in [-0.1, -0.05) is 59.1 Å². The van der Waals surface area contributed by atoms with Crippen LogP contribution in [0.25, 0.3) is 6.08 Å². The Balaban J connectivity index is 1.42. The van der Waals surface area contributed by atoms with Gasteiger partial charge in [0.2, 0.25) is 10.0 Å². The number of furan rings is 1. The second kappa shape index (κ2) is 14.8. The second-order valence-electron chi connectivity index (χ2n) is 11.2. The van der Waals surface area contributed by atoms with Gasteiger partial charge in [0.1, 0.15) is 17.3 Å². The maximum Gasteiger partial charge on any atom is 0.340 e. The van der Waals surface area contributed by atoms with Crippen molar-refractivity contribution in [2.24, 2.45) is 0 Å². The fourth-order valence-corrected chi connectivity index (χ4v) is 7.05. The monoisotopic (exact) mass is 708 g/mol. The molecular formula is C36H34Cl2N2O7S. The van der Waals surface area contributed by atoms with Gasteiger partial charge in [-0.2, -0.15) is 4.31 Å². The van der Waals surface area contributed by atoms with Crippen LogP contribution in [0.3, 0.4) is 0 Å². The molecule has 1 aliphatic rings. The molecule has 0 N–H and O–H groups in total. The molecule has 250 valence electrons. The fraction of sp³-hybridized carbons (Fsp3) is 0.222. The number of ether oxygens (including phenoxy) is 2. The Morgan fingerprint density at radius 1 is 0.896 bits per heavy atom. The predicted molar refractivity (Wildman–Crippen MR) is 184 cm³/mol. The lowest BCUT2D eigenvalue weighted by atomic mass is 10.1. The number of esters is 1. The third-order valence-electron chi connectivity index (χ3n) is 7.99. The molecule has 0 unspecified atom stereocenters. The van der Waals surface area contributed by atoms with Crippen molar-refractivity contribution in [3.8, 4) is 5.75 Å². The topological polar surface area (TPSA) is 106 Å². The van der Waals surface area contributed by atoms with Gasteiger partial charge in [0.25, 0.3) is 5.91 Å². The highest BCUT2D eigenvalue weighted by molar-refractivity contribution is 7.89. The van der Waals surface area contributed by atoms with Gasteiger partial charge in [-0.3, -0.25) is 4.79 Å². The van der Waals surface area contributed by atoms with E-state index in [-0.39, 0.29) is 40.8 Å².